The zero-order valence-corrected chi connectivity index (χ0v) is 13.2. The third-order valence-electron chi connectivity index (χ3n) is 4.63. The van der Waals surface area contributed by atoms with Crippen LogP contribution in [0.2, 0.25) is 0 Å². The third kappa shape index (κ3) is 2.30. The molecular formula is C16H22N4O. The minimum absolute atomic E-state index is 0.0731. The van der Waals surface area contributed by atoms with Crippen LogP contribution in [0.4, 0.5) is 0 Å². The van der Waals surface area contributed by atoms with Gasteiger partial charge >= 0.3 is 0 Å². The highest BCUT2D eigenvalue weighted by Gasteiger charge is 2.35. The lowest BCUT2D eigenvalue weighted by atomic mass is 9.78. The Labute approximate surface area is 125 Å². The highest BCUT2D eigenvalue weighted by atomic mass is 16.2. The highest BCUT2D eigenvalue weighted by molar-refractivity contribution is 5.78. The predicted molar refractivity (Wildman–Crippen MR) is 82.1 cm³/mol. The fourth-order valence-corrected chi connectivity index (χ4v) is 3.36. The van der Waals surface area contributed by atoms with E-state index in [0.29, 0.717) is 0 Å². The van der Waals surface area contributed by atoms with Gasteiger partial charge in [-0.2, -0.15) is 5.10 Å². The summed E-state index contributed by atoms with van der Waals surface area (Å²) in [5.41, 5.74) is 2.91. The van der Waals surface area contributed by atoms with E-state index < -0.39 is 0 Å². The van der Waals surface area contributed by atoms with E-state index in [2.05, 4.69) is 24.2 Å². The normalized spacial score (nSPS) is 22.8. The average Bonchev–Trinajstić information content (AvgIpc) is 2.74. The SMILES string of the molecule is CC(=O)N1CCC[C@@](C)(c2ccc3c(C)nn(C)c3n2)C1. The van der Waals surface area contributed by atoms with Crippen LogP contribution in [0.25, 0.3) is 11.0 Å². The Hall–Kier alpha value is -1.91. The van der Waals surface area contributed by atoms with Crippen molar-refractivity contribution in [2.24, 2.45) is 7.05 Å². The van der Waals surface area contributed by atoms with Crippen molar-refractivity contribution < 1.29 is 4.79 Å². The van der Waals surface area contributed by atoms with Crippen molar-refractivity contribution in [2.45, 2.75) is 39.0 Å². The Bertz CT molecular complexity index is 706. The maximum atomic E-state index is 11.7. The van der Waals surface area contributed by atoms with Crippen molar-refractivity contribution in [3.05, 3.63) is 23.5 Å². The number of hydrogen-bond donors (Lipinski definition) is 0. The van der Waals surface area contributed by atoms with Gasteiger partial charge in [0.2, 0.25) is 5.91 Å². The number of aryl methyl sites for hydroxylation is 2. The number of piperidine rings is 1. The zero-order valence-electron chi connectivity index (χ0n) is 13.2. The van der Waals surface area contributed by atoms with Crippen LogP contribution in [-0.4, -0.2) is 38.7 Å². The van der Waals surface area contributed by atoms with Gasteiger partial charge in [-0.15, -0.1) is 0 Å². The number of pyridine rings is 1. The van der Waals surface area contributed by atoms with Crippen molar-refractivity contribution in [1.29, 1.82) is 0 Å². The molecule has 5 heteroatoms. The lowest BCUT2D eigenvalue weighted by molar-refractivity contribution is -0.130. The van der Waals surface area contributed by atoms with Crippen LogP contribution >= 0.6 is 0 Å². The summed E-state index contributed by atoms with van der Waals surface area (Å²) >= 11 is 0. The average molecular weight is 286 g/mol. The van der Waals surface area contributed by atoms with E-state index in [9.17, 15) is 4.79 Å². The van der Waals surface area contributed by atoms with Gasteiger partial charge < -0.3 is 4.90 Å². The first-order valence-corrected chi connectivity index (χ1v) is 7.47. The van der Waals surface area contributed by atoms with Crippen molar-refractivity contribution in [1.82, 2.24) is 19.7 Å². The van der Waals surface area contributed by atoms with E-state index in [1.165, 1.54) is 0 Å². The maximum Gasteiger partial charge on any atom is 0.219 e. The Morgan fingerprint density at radius 3 is 2.86 bits per heavy atom. The number of aromatic nitrogens is 3. The summed E-state index contributed by atoms with van der Waals surface area (Å²) in [4.78, 5) is 18.5. The number of carbonyl (C=O) groups is 1. The molecule has 5 nitrogen and oxygen atoms in total. The first-order valence-electron chi connectivity index (χ1n) is 7.47. The minimum Gasteiger partial charge on any atom is -0.342 e. The molecule has 3 heterocycles. The van der Waals surface area contributed by atoms with Crippen LogP contribution in [0.3, 0.4) is 0 Å². The molecule has 0 spiro atoms. The predicted octanol–water partition coefficient (Wildman–Crippen LogP) is 2.18. The van der Waals surface area contributed by atoms with Gasteiger partial charge in [0.1, 0.15) is 0 Å². The van der Waals surface area contributed by atoms with E-state index in [1.807, 2.05) is 23.6 Å². The number of fused-ring (bicyclic) bond motifs is 1. The van der Waals surface area contributed by atoms with E-state index in [4.69, 9.17) is 4.98 Å². The largest absolute Gasteiger partial charge is 0.342 e. The molecule has 1 amide bonds. The lowest BCUT2D eigenvalue weighted by Crippen LogP contribution is -2.46. The molecule has 112 valence electrons. The Morgan fingerprint density at radius 1 is 1.38 bits per heavy atom. The second-order valence-corrected chi connectivity index (χ2v) is 6.38. The van der Waals surface area contributed by atoms with Gasteiger partial charge in [0.05, 0.1) is 11.4 Å². The van der Waals surface area contributed by atoms with Gasteiger partial charge in [-0.1, -0.05) is 6.92 Å². The number of rotatable bonds is 1. The maximum absolute atomic E-state index is 11.7. The smallest absolute Gasteiger partial charge is 0.219 e. The van der Waals surface area contributed by atoms with Crippen molar-refractivity contribution in [2.75, 3.05) is 13.1 Å². The molecule has 1 aliphatic rings. The third-order valence-corrected chi connectivity index (χ3v) is 4.63. The summed E-state index contributed by atoms with van der Waals surface area (Å²) in [6.45, 7) is 7.46. The second kappa shape index (κ2) is 4.83. The molecule has 0 N–H and O–H groups in total. The fraction of sp³-hybridized carbons (Fsp3) is 0.562. The van der Waals surface area contributed by atoms with Gasteiger partial charge in [-0.25, -0.2) is 4.98 Å². The molecule has 21 heavy (non-hydrogen) atoms. The molecule has 2 aromatic rings. The number of carbonyl (C=O) groups excluding carboxylic acids is 1. The van der Waals surface area contributed by atoms with Crippen molar-refractivity contribution >= 4 is 16.9 Å². The number of amides is 1. The summed E-state index contributed by atoms with van der Waals surface area (Å²) in [7, 11) is 1.93. The van der Waals surface area contributed by atoms with Crippen molar-refractivity contribution in [3.63, 3.8) is 0 Å². The van der Waals surface area contributed by atoms with Gasteiger partial charge in [0.25, 0.3) is 0 Å². The van der Waals surface area contributed by atoms with Crippen molar-refractivity contribution in [3.8, 4) is 0 Å². The Balaban J connectivity index is 2.02. The van der Waals surface area contributed by atoms with Gasteiger partial charge in [-0.05, 0) is 31.9 Å². The zero-order chi connectivity index (χ0) is 15.2. The van der Waals surface area contributed by atoms with Gasteiger partial charge in [-0.3, -0.25) is 9.48 Å². The topological polar surface area (TPSA) is 51.0 Å². The molecule has 1 saturated heterocycles. The fourth-order valence-electron chi connectivity index (χ4n) is 3.36. The van der Waals surface area contributed by atoms with Crippen LogP contribution in [0.15, 0.2) is 12.1 Å². The number of likely N-dealkylation sites (tertiary alicyclic amines) is 1. The molecule has 0 aromatic carbocycles. The van der Waals surface area contributed by atoms with Gasteiger partial charge in [0, 0.05) is 37.9 Å². The second-order valence-electron chi connectivity index (χ2n) is 6.38. The van der Waals surface area contributed by atoms with Crippen LogP contribution in [0.1, 0.15) is 38.1 Å². The summed E-state index contributed by atoms with van der Waals surface area (Å²) < 4.78 is 1.84. The van der Waals surface area contributed by atoms with Crippen LogP contribution in [-0.2, 0) is 17.3 Å². The first kappa shape index (κ1) is 14.0. The summed E-state index contributed by atoms with van der Waals surface area (Å²) in [5.74, 6) is 0.151. The highest BCUT2D eigenvalue weighted by Crippen LogP contribution is 2.33. The molecule has 0 radical (unpaired) electrons. The molecule has 1 aliphatic heterocycles. The first-order chi connectivity index (χ1) is 9.90. The molecular weight excluding hydrogens is 264 g/mol. The minimum atomic E-state index is -0.0731. The van der Waals surface area contributed by atoms with E-state index in [1.54, 1.807) is 6.92 Å². The Kier molecular flexibility index (Phi) is 3.23. The van der Waals surface area contributed by atoms with Crippen LogP contribution in [0.5, 0.6) is 0 Å². The molecule has 1 atom stereocenters. The van der Waals surface area contributed by atoms with E-state index in [0.717, 1.165) is 48.4 Å². The Morgan fingerprint density at radius 2 is 2.14 bits per heavy atom. The molecule has 3 rings (SSSR count). The van der Waals surface area contributed by atoms with Gasteiger partial charge in [0.15, 0.2) is 5.65 Å². The number of hydrogen-bond acceptors (Lipinski definition) is 3. The molecule has 0 aliphatic carbocycles. The van der Waals surface area contributed by atoms with E-state index in [-0.39, 0.29) is 11.3 Å². The number of nitrogens with zero attached hydrogens (tertiary/aromatic N) is 4. The monoisotopic (exact) mass is 286 g/mol. The molecule has 0 saturated carbocycles. The summed E-state index contributed by atoms with van der Waals surface area (Å²) in [6, 6.07) is 4.21. The molecule has 0 bridgehead atoms. The summed E-state index contributed by atoms with van der Waals surface area (Å²) in [6.07, 6.45) is 2.09. The standard InChI is InChI=1S/C16H22N4O/c1-11-13-6-7-14(17-15(13)19(4)18-11)16(3)8-5-9-20(10-16)12(2)21/h6-7H,5,8-10H2,1-4H3/t16-/m1/s1. The van der Waals surface area contributed by atoms with E-state index >= 15 is 0 Å². The molecule has 1 fully saturated rings. The molecule has 2 aromatic heterocycles. The lowest BCUT2D eigenvalue weighted by Gasteiger charge is -2.39. The van der Waals surface area contributed by atoms with Crippen LogP contribution in [0, 0.1) is 6.92 Å². The molecule has 0 unspecified atom stereocenters. The summed E-state index contributed by atoms with van der Waals surface area (Å²) in [5, 5.41) is 5.53. The van der Waals surface area contributed by atoms with Crippen LogP contribution < -0.4 is 0 Å². The quantitative estimate of drug-likeness (QED) is 0.807.